The predicted octanol–water partition coefficient (Wildman–Crippen LogP) is 3.56. The lowest BCUT2D eigenvalue weighted by molar-refractivity contribution is -0.0498. The fourth-order valence-corrected chi connectivity index (χ4v) is 3.22. The molecule has 0 radical (unpaired) electrons. The van der Waals surface area contributed by atoms with Gasteiger partial charge in [-0.05, 0) is 36.2 Å². The van der Waals surface area contributed by atoms with Crippen LogP contribution >= 0.6 is 0 Å². The fraction of sp³-hybridized carbons (Fsp3) is 0.400. The Morgan fingerprint density at radius 1 is 1.12 bits per heavy atom. The van der Waals surface area contributed by atoms with Crippen LogP contribution in [0.15, 0.2) is 54.6 Å². The zero-order valence-corrected chi connectivity index (χ0v) is 14.7. The Morgan fingerprint density at radius 3 is 2.62 bits per heavy atom. The van der Waals surface area contributed by atoms with Crippen molar-refractivity contribution in [3.63, 3.8) is 0 Å². The van der Waals surface area contributed by atoms with Gasteiger partial charge < -0.3 is 15.4 Å². The van der Waals surface area contributed by atoms with E-state index in [2.05, 4.69) is 44.5 Å². The molecule has 26 heavy (non-hydrogen) atoms. The summed E-state index contributed by atoms with van der Waals surface area (Å²) < 4.78 is 28.7. The molecular weight excluding hydrogens is 336 g/mol. The van der Waals surface area contributed by atoms with Gasteiger partial charge in [-0.3, -0.25) is 4.90 Å². The third-order valence-electron chi connectivity index (χ3n) is 4.49. The fourth-order valence-electron chi connectivity index (χ4n) is 3.22. The van der Waals surface area contributed by atoms with Gasteiger partial charge in [0.25, 0.3) is 0 Å². The second-order valence-corrected chi connectivity index (χ2v) is 6.49. The largest absolute Gasteiger partial charge is 0.435 e. The summed E-state index contributed by atoms with van der Waals surface area (Å²) in [6.45, 7) is 2.11. The summed E-state index contributed by atoms with van der Waals surface area (Å²) in [5.74, 6) is 0.177. The van der Waals surface area contributed by atoms with Crippen molar-refractivity contribution in [2.24, 2.45) is 0 Å². The number of ether oxygens (including phenoxy) is 1. The number of benzene rings is 2. The average Bonchev–Trinajstić information content (AvgIpc) is 2.64. The van der Waals surface area contributed by atoms with Gasteiger partial charge >= 0.3 is 6.61 Å². The van der Waals surface area contributed by atoms with Gasteiger partial charge in [0.05, 0.1) is 0 Å². The van der Waals surface area contributed by atoms with Crippen molar-refractivity contribution < 1.29 is 13.5 Å². The minimum atomic E-state index is -2.79. The summed E-state index contributed by atoms with van der Waals surface area (Å²) in [4.78, 5) is 2.48. The molecule has 0 aromatic heterocycles. The van der Waals surface area contributed by atoms with Crippen molar-refractivity contribution in [2.45, 2.75) is 25.6 Å². The Labute approximate surface area is 153 Å². The molecule has 3 rings (SSSR count). The number of piperazine rings is 1. The highest BCUT2D eigenvalue weighted by Crippen LogP contribution is 2.18. The van der Waals surface area contributed by atoms with Crippen LogP contribution in [0.4, 0.5) is 14.5 Å². The predicted molar refractivity (Wildman–Crippen MR) is 99.7 cm³/mol. The number of nitrogens with one attached hydrogen (secondary N) is 2. The molecule has 4 nitrogen and oxygen atoms in total. The van der Waals surface area contributed by atoms with Crippen LogP contribution < -0.4 is 15.4 Å². The van der Waals surface area contributed by atoms with Crippen molar-refractivity contribution >= 4 is 5.69 Å². The van der Waals surface area contributed by atoms with E-state index in [0.29, 0.717) is 6.04 Å². The molecule has 2 aromatic rings. The van der Waals surface area contributed by atoms with E-state index in [4.69, 9.17) is 0 Å². The molecule has 1 saturated heterocycles. The van der Waals surface area contributed by atoms with Crippen molar-refractivity contribution in [3.05, 3.63) is 60.2 Å². The highest BCUT2D eigenvalue weighted by atomic mass is 19.3. The van der Waals surface area contributed by atoms with Crippen LogP contribution in [0.3, 0.4) is 0 Å². The minimum absolute atomic E-state index is 0.177. The van der Waals surface area contributed by atoms with Crippen LogP contribution in [0, 0.1) is 0 Å². The molecule has 1 fully saturated rings. The zero-order chi connectivity index (χ0) is 18.2. The number of hydrogen-bond donors (Lipinski definition) is 2. The SMILES string of the molecule is FC(F)Oc1ccc(NCCC2CN(Cc3ccccc3)CCN2)cc1. The average molecular weight is 361 g/mol. The van der Waals surface area contributed by atoms with Crippen molar-refractivity contribution in [1.29, 1.82) is 0 Å². The van der Waals surface area contributed by atoms with Crippen LogP contribution in [0.25, 0.3) is 0 Å². The van der Waals surface area contributed by atoms with Crippen LogP contribution in [0.5, 0.6) is 5.75 Å². The highest BCUT2D eigenvalue weighted by molar-refractivity contribution is 5.46. The van der Waals surface area contributed by atoms with Gasteiger partial charge in [-0.15, -0.1) is 0 Å². The maximum atomic E-state index is 12.2. The highest BCUT2D eigenvalue weighted by Gasteiger charge is 2.18. The van der Waals surface area contributed by atoms with E-state index >= 15 is 0 Å². The van der Waals surface area contributed by atoms with Gasteiger partial charge in [0, 0.05) is 44.5 Å². The summed E-state index contributed by atoms with van der Waals surface area (Å²) in [6.07, 6.45) is 1.00. The number of nitrogens with zero attached hydrogens (tertiary/aromatic N) is 1. The van der Waals surface area contributed by atoms with Crippen LogP contribution in [0.1, 0.15) is 12.0 Å². The first-order chi connectivity index (χ1) is 12.7. The van der Waals surface area contributed by atoms with Crippen LogP contribution in [0.2, 0.25) is 0 Å². The van der Waals surface area contributed by atoms with Crippen LogP contribution in [-0.4, -0.2) is 43.7 Å². The Hall–Kier alpha value is -2.18. The third-order valence-corrected chi connectivity index (χ3v) is 4.49. The Balaban J connectivity index is 1.40. The maximum Gasteiger partial charge on any atom is 0.387 e. The number of hydrogen-bond acceptors (Lipinski definition) is 4. The molecule has 2 N–H and O–H groups in total. The van der Waals surface area contributed by atoms with Gasteiger partial charge in [0.2, 0.25) is 0 Å². The standard InChI is InChI=1S/C20H25F2N3O/c21-20(22)26-19-8-6-17(7-9-19)23-11-10-18-15-25(13-12-24-18)14-16-4-2-1-3-5-16/h1-9,18,20,23-24H,10-15H2. The summed E-state index contributed by atoms with van der Waals surface area (Å²) in [6, 6.07) is 17.6. The Bertz CT molecular complexity index is 652. The number of alkyl halides is 2. The molecule has 1 aliphatic rings. The van der Waals surface area contributed by atoms with E-state index in [1.807, 2.05) is 6.07 Å². The molecular formula is C20H25F2N3O. The van der Waals surface area contributed by atoms with E-state index < -0.39 is 6.61 Å². The zero-order valence-electron chi connectivity index (χ0n) is 14.7. The maximum absolute atomic E-state index is 12.2. The smallest absolute Gasteiger partial charge is 0.387 e. The van der Waals surface area contributed by atoms with E-state index in [1.165, 1.54) is 5.56 Å². The third kappa shape index (κ3) is 5.97. The Kier molecular flexibility index (Phi) is 6.80. The monoisotopic (exact) mass is 361 g/mol. The molecule has 6 heteroatoms. The van der Waals surface area contributed by atoms with Gasteiger partial charge in [0.1, 0.15) is 5.75 Å². The molecule has 1 heterocycles. The minimum Gasteiger partial charge on any atom is -0.435 e. The summed E-state index contributed by atoms with van der Waals surface area (Å²) >= 11 is 0. The number of halogens is 2. The number of anilines is 1. The molecule has 0 bridgehead atoms. The van der Waals surface area contributed by atoms with Crippen molar-refractivity contribution in [3.8, 4) is 5.75 Å². The van der Waals surface area contributed by atoms with Crippen LogP contribution in [-0.2, 0) is 6.54 Å². The van der Waals surface area contributed by atoms with Gasteiger partial charge in [-0.1, -0.05) is 30.3 Å². The van der Waals surface area contributed by atoms with E-state index in [1.54, 1.807) is 24.3 Å². The first-order valence-corrected chi connectivity index (χ1v) is 8.97. The lowest BCUT2D eigenvalue weighted by atomic mass is 10.1. The van der Waals surface area contributed by atoms with Crippen molar-refractivity contribution in [2.75, 3.05) is 31.5 Å². The lowest BCUT2D eigenvalue weighted by Crippen LogP contribution is -2.50. The molecule has 1 atom stereocenters. The molecule has 1 aliphatic heterocycles. The first-order valence-electron chi connectivity index (χ1n) is 8.97. The lowest BCUT2D eigenvalue weighted by Gasteiger charge is -2.34. The molecule has 0 amide bonds. The van der Waals surface area contributed by atoms with Gasteiger partial charge in [-0.25, -0.2) is 0 Å². The molecule has 0 spiro atoms. The summed E-state index contributed by atoms with van der Waals surface area (Å²) in [5, 5.41) is 6.90. The molecule has 2 aromatic carbocycles. The molecule has 0 saturated carbocycles. The van der Waals surface area contributed by atoms with Gasteiger partial charge in [0.15, 0.2) is 0 Å². The van der Waals surface area contributed by atoms with E-state index in [9.17, 15) is 8.78 Å². The second-order valence-electron chi connectivity index (χ2n) is 6.49. The van der Waals surface area contributed by atoms with E-state index in [0.717, 1.165) is 44.8 Å². The molecule has 0 aliphatic carbocycles. The second kappa shape index (κ2) is 9.50. The number of rotatable bonds is 8. The summed E-state index contributed by atoms with van der Waals surface area (Å²) in [7, 11) is 0. The molecule has 1 unspecified atom stereocenters. The van der Waals surface area contributed by atoms with E-state index in [-0.39, 0.29) is 5.75 Å². The topological polar surface area (TPSA) is 36.5 Å². The Morgan fingerprint density at radius 2 is 1.88 bits per heavy atom. The quantitative estimate of drug-likeness (QED) is 0.754. The summed E-state index contributed by atoms with van der Waals surface area (Å²) in [5.41, 5.74) is 2.25. The first kappa shape index (κ1) is 18.6. The normalized spacial score (nSPS) is 18.0. The van der Waals surface area contributed by atoms with Crippen molar-refractivity contribution in [1.82, 2.24) is 10.2 Å². The van der Waals surface area contributed by atoms with Gasteiger partial charge in [-0.2, -0.15) is 8.78 Å². The molecule has 140 valence electrons.